The Hall–Kier alpha value is -1.14. The zero-order chi connectivity index (χ0) is 38.2. The van der Waals surface area contributed by atoms with Crippen LogP contribution in [0, 0.1) is 0 Å². The summed E-state index contributed by atoms with van der Waals surface area (Å²) in [6.45, 7) is 6.46. The molecule has 1 amide bonds. The van der Waals surface area contributed by atoms with Crippen LogP contribution in [0.2, 0.25) is 0 Å². The van der Waals surface area contributed by atoms with Gasteiger partial charge in [-0.1, -0.05) is 220 Å². The van der Waals surface area contributed by atoms with Crippen molar-refractivity contribution in [1.82, 2.24) is 5.32 Å². The van der Waals surface area contributed by atoms with Gasteiger partial charge in [0.05, 0.1) is 25.2 Å². The fraction of sp³-hybridized carbons (Fsp3) is 0.957. The van der Waals surface area contributed by atoms with Crippen LogP contribution < -0.4 is 5.32 Å². The lowest BCUT2D eigenvalue weighted by atomic mass is 10.0. The molecule has 0 heterocycles. The highest BCUT2D eigenvalue weighted by Gasteiger charge is 2.24. The van der Waals surface area contributed by atoms with Crippen molar-refractivity contribution in [2.75, 3.05) is 6.61 Å². The molecule has 0 radical (unpaired) electrons. The zero-order valence-electron chi connectivity index (χ0n) is 35.2. The third kappa shape index (κ3) is 35.9. The zero-order valence-corrected chi connectivity index (χ0v) is 35.2. The smallest absolute Gasteiger partial charge is 0.306 e. The van der Waals surface area contributed by atoms with Crippen LogP contribution in [0.4, 0.5) is 0 Å². The summed E-state index contributed by atoms with van der Waals surface area (Å²) in [6.07, 6.45) is 41.6. The molecule has 3 atom stereocenters. The van der Waals surface area contributed by atoms with Gasteiger partial charge in [-0.05, 0) is 25.7 Å². The van der Waals surface area contributed by atoms with Crippen LogP contribution in [-0.4, -0.2) is 46.9 Å². The summed E-state index contributed by atoms with van der Waals surface area (Å²) in [7, 11) is 0. The summed E-state index contributed by atoms with van der Waals surface area (Å²) in [4.78, 5) is 25.9. The predicted octanol–water partition coefficient (Wildman–Crippen LogP) is 13.2. The van der Waals surface area contributed by atoms with Gasteiger partial charge in [0.15, 0.2) is 0 Å². The second-order valence-electron chi connectivity index (χ2n) is 16.2. The fourth-order valence-electron chi connectivity index (χ4n) is 7.37. The van der Waals surface area contributed by atoms with Gasteiger partial charge >= 0.3 is 5.97 Å². The number of unbranched alkanes of at least 4 members (excludes halogenated alkanes) is 30. The average molecular weight is 738 g/mol. The number of carbonyl (C=O) groups excluding carboxylic acids is 2. The molecule has 310 valence electrons. The topological polar surface area (TPSA) is 95.9 Å². The van der Waals surface area contributed by atoms with Crippen LogP contribution in [0.1, 0.15) is 258 Å². The van der Waals surface area contributed by atoms with Crippen molar-refractivity contribution < 1.29 is 24.5 Å². The number of esters is 1. The number of aliphatic hydroxyl groups excluding tert-OH is 2. The van der Waals surface area contributed by atoms with E-state index in [1.807, 2.05) is 0 Å². The number of hydrogen-bond acceptors (Lipinski definition) is 5. The highest BCUT2D eigenvalue weighted by molar-refractivity contribution is 5.77. The van der Waals surface area contributed by atoms with Crippen molar-refractivity contribution >= 4 is 11.9 Å². The standard InChI is InChI=1S/C46H91NO5/c1-4-7-10-13-16-19-21-22-23-25-26-29-32-35-38-44(49)43(41-48)47-45(50)40-42(37-34-31-28-18-15-12-9-6-3)52-46(51)39-36-33-30-27-24-20-17-14-11-8-5-2/h42-44,48-49H,4-41H2,1-3H3,(H,47,50). The highest BCUT2D eigenvalue weighted by Crippen LogP contribution is 2.18. The third-order valence-electron chi connectivity index (χ3n) is 10.9. The van der Waals surface area contributed by atoms with Crippen molar-refractivity contribution in [2.45, 2.75) is 277 Å². The van der Waals surface area contributed by atoms with E-state index in [-0.39, 0.29) is 24.9 Å². The van der Waals surface area contributed by atoms with Crippen molar-refractivity contribution in [3.63, 3.8) is 0 Å². The van der Waals surface area contributed by atoms with Gasteiger partial charge in [0.25, 0.3) is 0 Å². The number of nitrogens with one attached hydrogen (secondary N) is 1. The quantitative estimate of drug-likeness (QED) is 0.0428. The summed E-state index contributed by atoms with van der Waals surface area (Å²) < 4.78 is 5.88. The maximum absolute atomic E-state index is 13.1. The second-order valence-corrected chi connectivity index (χ2v) is 16.2. The van der Waals surface area contributed by atoms with E-state index in [0.717, 1.165) is 44.9 Å². The van der Waals surface area contributed by atoms with Gasteiger partial charge in [-0.15, -0.1) is 0 Å². The number of hydrogen-bond donors (Lipinski definition) is 3. The normalized spacial score (nSPS) is 13.2. The van der Waals surface area contributed by atoms with Gasteiger partial charge < -0.3 is 20.3 Å². The van der Waals surface area contributed by atoms with Gasteiger partial charge in [0, 0.05) is 6.42 Å². The van der Waals surface area contributed by atoms with E-state index < -0.39 is 18.2 Å². The minimum atomic E-state index is -0.777. The Bertz CT molecular complexity index is 746. The molecule has 0 fully saturated rings. The summed E-state index contributed by atoms with van der Waals surface area (Å²) in [5, 5.41) is 23.6. The maximum Gasteiger partial charge on any atom is 0.306 e. The molecule has 0 aliphatic heterocycles. The lowest BCUT2D eigenvalue weighted by Crippen LogP contribution is -2.46. The molecule has 0 aliphatic carbocycles. The first kappa shape index (κ1) is 50.9. The summed E-state index contributed by atoms with van der Waals surface area (Å²) >= 11 is 0. The third-order valence-corrected chi connectivity index (χ3v) is 10.9. The van der Waals surface area contributed by atoms with Crippen LogP contribution >= 0.6 is 0 Å². The molecule has 0 saturated carbocycles. The van der Waals surface area contributed by atoms with E-state index in [1.54, 1.807) is 0 Å². The number of rotatable bonds is 42. The van der Waals surface area contributed by atoms with Crippen LogP contribution in [0.3, 0.4) is 0 Å². The fourth-order valence-corrected chi connectivity index (χ4v) is 7.37. The molecule has 6 heteroatoms. The molecule has 0 aliphatic rings. The first-order chi connectivity index (χ1) is 25.5. The molecular weight excluding hydrogens is 647 g/mol. The molecule has 0 rings (SSSR count). The largest absolute Gasteiger partial charge is 0.462 e. The van der Waals surface area contributed by atoms with Crippen molar-refractivity contribution in [1.29, 1.82) is 0 Å². The first-order valence-corrected chi connectivity index (χ1v) is 23.3. The highest BCUT2D eigenvalue weighted by atomic mass is 16.5. The maximum atomic E-state index is 13.1. The molecule has 0 bridgehead atoms. The monoisotopic (exact) mass is 738 g/mol. The SMILES string of the molecule is CCCCCCCCCCCCCCCCC(O)C(CO)NC(=O)CC(CCCCCCCCCC)OC(=O)CCCCCCCCCCCCC. The molecule has 0 aromatic heterocycles. The molecule has 6 nitrogen and oxygen atoms in total. The Morgan fingerprint density at radius 3 is 1.17 bits per heavy atom. The van der Waals surface area contributed by atoms with E-state index in [9.17, 15) is 19.8 Å². The van der Waals surface area contributed by atoms with Gasteiger partial charge in [-0.25, -0.2) is 0 Å². The van der Waals surface area contributed by atoms with Crippen molar-refractivity contribution in [2.24, 2.45) is 0 Å². The second kappa shape index (κ2) is 41.0. The van der Waals surface area contributed by atoms with Crippen LogP contribution in [0.15, 0.2) is 0 Å². The van der Waals surface area contributed by atoms with E-state index in [1.165, 1.54) is 167 Å². The van der Waals surface area contributed by atoms with Crippen LogP contribution in [0.5, 0.6) is 0 Å². The van der Waals surface area contributed by atoms with Crippen LogP contribution in [-0.2, 0) is 14.3 Å². The molecule has 0 saturated heterocycles. The Morgan fingerprint density at radius 2 is 0.808 bits per heavy atom. The Morgan fingerprint density at radius 1 is 0.481 bits per heavy atom. The van der Waals surface area contributed by atoms with E-state index in [0.29, 0.717) is 19.3 Å². The van der Waals surface area contributed by atoms with E-state index in [2.05, 4.69) is 26.1 Å². The Balaban J connectivity index is 4.42. The summed E-state index contributed by atoms with van der Waals surface area (Å²) in [6, 6.07) is -0.690. The molecule has 52 heavy (non-hydrogen) atoms. The Labute approximate surface area is 324 Å². The average Bonchev–Trinajstić information content (AvgIpc) is 3.13. The summed E-state index contributed by atoms with van der Waals surface area (Å²) in [5.74, 6) is -0.462. The minimum absolute atomic E-state index is 0.0859. The number of aliphatic hydroxyl groups is 2. The number of ether oxygens (including phenoxy) is 1. The predicted molar refractivity (Wildman–Crippen MR) is 223 cm³/mol. The van der Waals surface area contributed by atoms with Gasteiger partial charge in [0.1, 0.15) is 6.10 Å². The molecule has 3 N–H and O–H groups in total. The molecule has 0 spiro atoms. The minimum Gasteiger partial charge on any atom is -0.462 e. The lowest BCUT2D eigenvalue weighted by Gasteiger charge is -2.24. The lowest BCUT2D eigenvalue weighted by molar-refractivity contribution is -0.151. The molecule has 0 aromatic rings. The molecule has 3 unspecified atom stereocenters. The Kier molecular flexibility index (Phi) is 40.1. The van der Waals surface area contributed by atoms with Crippen molar-refractivity contribution in [3.05, 3.63) is 0 Å². The molecular formula is C46H91NO5. The van der Waals surface area contributed by atoms with Gasteiger partial charge in [-0.3, -0.25) is 9.59 Å². The number of amides is 1. The summed E-state index contributed by atoms with van der Waals surface area (Å²) in [5.41, 5.74) is 0. The molecule has 0 aromatic carbocycles. The van der Waals surface area contributed by atoms with Crippen LogP contribution in [0.25, 0.3) is 0 Å². The van der Waals surface area contributed by atoms with Gasteiger partial charge in [-0.2, -0.15) is 0 Å². The van der Waals surface area contributed by atoms with E-state index >= 15 is 0 Å². The first-order valence-electron chi connectivity index (χ1n) is 23.3. The van der Waals surface area contributed by atoms with Crippen molar-refractivity contribution in [3.8, 4) is 0 Å². The van der Waals surface area contributed by atoms with E-state index in [4.69, 9.17) is 4.74 Å². The number of carbonyl (C=O) groups is 2. The van der Waals surface area contributed by atoms with Gasteiger partial charge in [0.2, 0.25) is 5.91 Å².